The van der Waals surface area contributed by atoms with Crippen LogP contribution in [0.4, 0.5) is 0 Å². The van der Waals surface area contributed by atoms with Gasteiger partial charge in [-0.1, -0.05) is 13.3 Å². The molecule has 0 bridgehead atoms. The van der Waals surface area contributed by atoms with Gasteiger partial charge in [-0.05, 0) is 12.3 Å². The molecule has 15 heavy (non-hydrogen) atoms. The van der Waals surface area contributed by atoms with Gasteiger partial charge in [0.05, 0.1) is 25.9 Å². The van der Waals surface area contributed by atoms with Gasteiger partial charge in [-0.2, -0.15) is 0 Å². The Kier molecular flexibility index (Phi) is 6.17. The highest BCUT2D eigenvalue weighted by molar-refractivity contribution is 4.92. The van der Waals surface area contributed by atoms with Crippen LogP contribution in [0.15, 0.2) is 0 Å². The molecule has 0 radical (unpaired) electrons. The standard InChI is InChI=1S/C11H23NO3/c1-3-9-6-11(9)12-7-10(13)8-15-5-4-14-2/h9-13H,3-8H2,1-2H3. The Morgan fingerprint density at radius 1 is 1.47 bits per heavy atom. The van der Waals surface area contributed by atoms with Crippen LogP contribution >= 0.6 is 0 Å². The summed E-state index contributed by atoms with van der Waals surface area (Å²) in [6, 6.07) is 0.628. The molecule has 0 heterocycles. The fourth-order valence-corrected chi connectivity index (χ4v) is 1.66. The molecular formula is C11H23NO3. The largest absolute Gasteiger partial charge is 0.389 e. The molecule has 90 valence electrons. The van der Waals surface area contributed by atoms with Gasteiger partial charge < -0.3 is 19.9 Å². The van der Waals surface area contributed by atoms with E-state index in [0.29, 0.717) is 32.4 Å². The summed E-state index contributed by atoms with van der Waals surface area (Å²) in [5.74, 6) is 0.826. The van der Waals surface area contributed by atoms with Crippen molar-refractivity contribution < 1.29 is 14.6 Å². The second-order valence-electron chi connectivity index (χ2n) is 4.14. The van der Waals surface area contributed by atoms with E-state index in [1.54, 1.807) is 7.11 Å². The lowest BCUT2D eigenvalue weighted by Crippen LogP contribution is -2.32. The van der Waals surface area contributed by atoms with Gasteiger partial charge >= 0.3 is 0 Å². The van der Waals surface area contributed by atoms with Crippen LogP contribution in [0.25, 0.3) is 0 Å². The molecule has 0 aromatic rings. The highest BCUT2D eigenvalue weighted by Crippen LogP contribution is 2.32. The summed E-state index contributed by atoms with van der Waals surface area (Å²) in [6.45, 7) is 4.36. The molecule has 1 aliphatic rings. The summed E-state index contributed by atoms with van der Waals surface area (Å²) in [5.41, 5.74) is 0. The topological polar surface area (TPSA) is 50.7 Å². The molecule has 4 nitrogen and oxygen atoms in total. The van der Waals surface area contributed by atoms with E-state index in [-0.39, 0.29) is 0 Å². The molecule has 0 aliphatic heterocycles. The van der Waals surface area contributed by atoms with Crippen LogP contribution in [0.1, 0.15) is 19.8 Å². The second kappa shape index (κ2) is 7.17. The molecule has 1 aliphatic carbocycles. The lowest BCUT2D eigenvalue weighted by atomic mass is 10.3. The number of methoxy groups -OCH3 is 1. The Labute approximate surface area is 92.0 Å². The van der Waals surface area contributed by atoms with Gasteiger partial charge in [-0.15, -0.1) is 0 Å². The normalized spacial score (nSPS) is 26.6. The van der Waals surface area contributed by atoms with Crippen molar-refractivity contribution in [3.05, 3.63) is 0 Å². The number of rotatable bonds is 9. The number of aliphatic hydroxyl groups is 1. The van der Waals surface area contributed by atoms with E-state index in [0.717, 1.165) is 5.92 Å². The molecule has 0 aromatic heterocycles. The summed E-state index contributed by atoms with van der Waals surface area (Å²) in [4.78, 5) is 0. The van der Waals surface area contributed by atoms with E-state index in [1.807, 2.05) is 0 Å². The molecule has 0 spiro atoms. The quantitative estimate of drug-likeness (QED) is 0.549. The molecule has 0 amide bonds. The predicted octanol–water partition coefficient (Wildman–Crippen LogP) is 0.398. The Morgan fingerprint density at radius 3 is 2.87 bits per heavy atom. The van der Waals surface area contributed by atoms with E-state index in [1.165, 1.54) is 12.8 Å². The maximum Gasteiger partial charge on any atom is 0.0897 e. The summed E-state index contributed by atoms with van der Waals surface area (Å²) in [6.07, 6.45) is 2.09. The van der Waals surface area contributed by atoms with Crippen LogP contribution in [0.2, 0.25) is 0 Å². The number of aliphatic hydroxyl groups excluding tert-OH is 1. The van der Waals surface area contributed by atoms with E-state index in [2.05, 4.69) is 12.2 Å². The van der Waals surface area contributed by atoms with Crippen molar-refractivity contribution in [2.75, 3.05) is 33.5 Å². The number of hydrogen-bond acceptors (Lipinski definition) is 4. The summed E-state index contributed by atoms with van der Waals surface area (Å²) >= 11 is 0. The Hall–Kier alpha value is -0.160. The van der Waals surface area contributed by atoms with Crippen LogP contribution in [0.5, 0.6) is 0 Å². The molecule has 3 unspecified atom stereocenters. The number of nitrogens with one attached hydrogen (secondary N) is 1. The van der Waals surface area contributed by atoms with Crippen LogP contribution in [0.3, 0.4) is 0 Å². The van der Waals surface area contributed by atoms with Gasteiger partial charge in [0.2, 0.25) is 0 Å². The number of hydrogen-bond donors (Lipinski definition) is 2. The zero-order valence-corrected chi connectivity index (χ0v) is 9.74. The van der Waals surface area contributed by atoms with Crippen molar-refractivity contribution in [3.63, 3.8) is 0 Å². The minimum atomic E-state index is -0.403. The minimum Gasteiger partial charge on any atom is -0.389 e. The lowest BCUT2D eigenvalue weighted by Gasteiger charge is -2.12. The van der Waals surface area contributed by atoms with Crippen LogP contribution in [0, 0.1) is 5.92 Å². The highest BCUT2D eigenvalue weighted by atomic mass is 16.5. The van der Waals surface area contributed by atoms with Gasteiger partial charge in [0.25, 0.3) is 0 Å². The fraction of sp³-hybridized carbons (Fsp3) is 1.00. The third-order valence-electron chi connectivity index (χ3n) is 2.80. The Balaban J connectivity index is 1.88. The van der Waals surface area contributed by atoms with E-state index >= 15 is 0 Å². The van der Waals surface area contributed by atoms with Gasteiger partial charge in [0.15, 0.2) is 0 Å². The van der Waals surface area contributed by atoms with Gasteiger partial charge in [-0.3, -0.25) is 0 Å². The Bertz CT molecular complexity index is 166. The first-order valence-electron chi connectivity index (χ1n) is 5.76. The minimum absolute atomic E-state index is 0.389. The van der Waals surface area contributed by atoms with Crippen molar-refractivity contribution in [2.45, 2.75) is 31.9 Å². The molecule has 1 rings (SSSR count). The van der Waals surface area contributed by atoms with Gasteiger partial charge in [-0.25, -0.2) is 0 Å². The summed E-state index contributed by atoms with van der Waals surface area (Å²) in [7, 11) is 1.64. The van der Waals surface area contributed by atoms with Crippen LogP contribution in [-0.4, -0.2) is 50.7 Å². The predicted molar refractivity (Wildman–Crippen MR) is 58.9 cm³/mol. The molecule has 4 heteroatoms. The zero-order valence-electron chi connectivity index (χ0n) is 9.74. The first-order chi connectivity index (χ1) is 7.27. The fourth-order valence-electron chi connectivity index (χ4n) is 1.66. The molecule has 1 fully saturated rings. The monoisotopic (exact) mass is 217 g/mol. The van der Waals surface area contributed by atoms with Gasteiger partial charge in [0.1, 0.15) is 0 Å². The van der Waals surface area contributed by atoms with E-state index < -0.39 is 6.10 Å². The van der Waals surface area contributed by atoms with Crippen LogP contribution < -0.4 is 5.32 Å². The number of ether oxygens (including phenoxy) is 2. The first-order valence-corrected chi connectivity index (χ1v) is 5.76. The van der Waals surface area contributed by atoms with Crippen molar-refractivity contribution in [1.82, 2.24) is 5.32 Å². The zero-order chi connectivity index (χ0) is 11.1. The average molecular weight is 217 g/mol. The van der Waals surface area contributed by atoms with Crippen LogP contribution in [-0.2, 0) is 9.47 Å². The maximum absolute atomic E-state index is 9.56. The maximum atomic E-state index is 9.56. The van der Waals surface area contributed by atoms with Gasteiger partial charge in [0, 0.05) is 19.7 Å². The molecule has 0 aromatic carbocycles. The molecule has 1 saturated carbocycles. The van der Waals surface area contributed by atoms with Crippen molar-refractivity contribution in [2.24, 2.45) is 5.92 Å². The lowest BCUT2D eigenvalue weighted by molar-refractivity contribution is 0.0136. The van der Waals surface area contributed by atoms with E-state index in [4.69, 9.17) is 9.47 Å². The molecule has 2 N–H and O–H groups in total. The second-order valence-corrected chi connectivity index (χ2v) is 4.14. The summed E-state index contributed by atoms with van der Waals surface area (Å²) in [5, 5.41) is 12.9. The third kappa shape index (κ3) is 5.47. The van der Waals surface area contributed by atoms with Crippen molar-refractivity contribution in [1.29, 1.82) is 0 Å². The van der Waals surface area contributed by atoms with E-state index in [9.17, 15) is 5.11 Å². The Morgan fingerprint density at radius 2 is 2.27 bits per heavy atom. The molecule has 0 saturated heterocycles. The average Bonchev–Trinajstić information content (AvgIpc) is 3.00. The van der Waals surface area contributed by atoms with Crippen molar-refractivity contribution in [3.8, 4) is 0 Å². The third-order valence-corrected chi connectivity index (χ3v) is 2.80. The SMILES string of the molecule is CCC1CC1NCC(O)COCCOC. The first kappa shape index (κ1) is 12.9. The smallest absolute Gasteiger partial charge is 0.0897 e. The molecular weight excluding hydrogens is 194 g/mol. The van der Waals surface area contributed by atoms with Crippen molar-refractivity contribution >= 4 is 0 Å². The summed E-state index contributed by atoms with van der Waals surface area (Å²) < 4.78 is 10.1. The molecule has 3 atom stereocenters. The highest BCUT2D eigenvalue weighted by Gasteiger charge is 2.34.